The van der Waals surface area contributed by atoms with Crippen molar-refractivity contribution in [1.82, 2.24) is 4.90 Å². The summed E-state index contributed by atoms with van der Waals surface area (Å²) in [6, 6.07) is 10.9. The Hall–Kier alpha value is -1.55. The van der Waals surface area contributed by atoms with Gasteiger partial charge in [-0.1, -0.05) is 30.3 Å². The van der Waals surface area contributed by atoms with Crippen LogP contribution in [0.3, 0.4) is 0 Å². The molecule has 0 saturated carbocycles. The molecule has 0 spiro atoms. The minimum atomic E-state index is 0.324. The molecule has 3 rings (SSSR count). The summed E-state index contributed by atoms with van der Waals surface area (Å²) in [5.74, 6) is 0.677. The van der Waals surface area contributed by atoms with Gasteiger partial charge in [0.25, 0.3) is 0 Å². The second-order valence-corrected chi connectivity index (χ2v) is 5.33. The number of nitrogens with zero attached hydrogens (tertiary/aromatic N) is 2. The van der Waals surface area contributed by atoms with Gasteiger partial charge in [-0.15, -0.1) is 0 Å². The summed E-state index contributed by atoms with van der Waals surface area (Å²) in [5, 5.41) is 0. The lowest BCUT2D eigenvalue weighted by atomic mass is 10.0. The maximum atomic E-state index is 6.02. The average molecular weight is 259 g/mol. The molecule has 2 heterocycles. The van der Waals surface area contributed by atoms with Crippen molar-refractivity contribution in [1.29, 1.82) is 0 Å². The molecule has 1 fully saturated rings. The molecule has 19 heavy (non-hydrogen) atoms. The predicted molar refractivity (Wildman–Crippen MR) is 76.1 cm³/mol. The molecule has 0 amide bonds. The minimum Gasteiger partial charge on any atom is -0.376 e. The zero-order valence-corrected chi connectivity index (χ0v) is 11.2. The van der Waals surface area contributed by atoms with Crippen LogP contribution < -0.4 is 5.73 Å². The van der Waals surface area contributed by atoms with Crippen molar-refractivity contribution >= 4 is 5.96 Å². The first-order valence-corrected chi connectivity index (χ1v) is 7.05. The number of benzene rings is 1. The van der Waals surface area contributed by atoms with Gasteiger partial charge < -0.3 is 15.4 Å². The third-order valence-corrected chi connectivity index (χ3v) is 3.94. The molecule has 2 N–H and O–H groups in total. The third-order valence-electron chi connectivity index (χ3n) is 3.94. The predicted octanol–water partition coefficient (Wildman–Crippen LogP) is 1.41. The normalized spacial score (nSPS) is 26.7. The Kier molecular flexibility index (Phi) is 3.69. The first-order valence-electron chi connectivity index (χ1n) is 7.05. The van der Waals surface area contributed by atoms with E-state index in [2.05, 4.69) is 34.2 Å². The van der Waals surface area contributed by atoms with Gasteiger partial charge in [0.1, 0.15) is 0 Å². The number of aliphatic imine (C=N–C) groups is 1. The van der Waals surface area contributed by atoms with E-state index in [0.717, 1.165) is 32.5 Å². The number of guanidine groups is 1. The van der Waals surface area contributed by atoms with E-state index in [1.807, 2.05) is 6.07 Å². The molecule has 2 aliphatic heterocycles. The smallest absolute Gasteiger partial charge is 0.191 e. The second-order valence-electron chi connectivity index (χ2n) is 5.33. The zero-order chi connectivity index (χ0) is 13.1. The number of rotatable bonds is 4. The molecule has 1 saturated heterocycles. The molecule has 0 aliphatic carbocycles. The Bertz CT molecular complexity index is 440. The van der Waals surface area contributed by atoms with Crippen LogP contribution >= 0.6 is 0 Å². The molecule has 4 nitrogen and oxygen atoms in total. The van der Waals surface area contributed by atoms with E-state index in [-0.39, 0.29) is 0 Å². The van der Waals surface area contributed by atoms with Crippen LogP contribution in [-0.2, 0) is 11.2 Å². The largest absolute Gasteiger partial charge is 0.376 e. The summed E-state index contributed by atoms with van der Waals surface area (Å²) in [5.41, 5.74) is 7.36. The quantitative estimate of drug-likeness (QED) is 0.889. The van der Waals surface area contributed by atoms with Crippen LogP contribution in [0, 0.1) is 0 Å². The molecular formula is C15H21N3O. The maximum Gasteiger partial charge on any atom is 0.191 e. The Balaban J connectivity index is 1.64. The molecule has 0 radical (unpaired) electrons. The van der Waals surface area contributed by atoms with Crippen LogP contribution in [0.5, 0.6) is 0 Å². The third kappa shape index (κ3) is 2.89. The van der Waals surface area contributed by atoms with Crippen LogP contribution in [0.2, 0.25) is 0 Å². The summed E-state index contributed by atoms with van der Waals surface area (Å²) in [7, 11) is 0. The highest BCUT2D eigenvalue weighted by Gasteiger charge is 2.29. The van der Waals surface area contributed by atoms with Gasteiger partial charge in [0.2, 0.25) is 0 Å². The molecule has 2 aliphatic rings. The van der Waals surface area contributed by atoms with Crippen LogP contribution in [-0.4, -0.2) is 42.7 Å². The molecular weight excluding hydrogens is 238 g/mol. The van der Waals surface area contributed by atoms with E-state index in [9.17, 15) is 0 Å². The molecule has 102 valence electrons. The van der Waals surface area contributed by atoms with E-state index in [1.54, 1.807) is 0 Å². The molecule has 0 bridgehead atoms. The fourth-order valence-corrected chi connectivity index (χ4v) is 2.89. The van der Waals surface area contributed by atoms with Gasteiger partial charge in [-0.05, 0) is 24.8 Å². The summed E-state index contributed by atoms with van der Waals surface area (Å²) >= 11 is 0. The summed E-state index contributed by atoms with van der Waals surface area (Å²) in [6.07, 6.45) is 3.63. The van der Waals surface area contributed by atoms with Crippen molar-refractivity contribution in [2.24, 2.45) is 10.7 Å². The summed E-state index contributed by atoms with van der Waals surface area (Å²) < 4.78 is 5.71. The van der Waals surface area contributed by atoms with E-state index in [4.69, 9.17) is 10.5 Å². The Morgan fingerprint density at radius 3 is 2.89 bits per heavy atom. The van der Waals surface area contributed by atoms with Gasteiger partial charge in [-0.25, -0.2) is 0 Å². The fourth-order valence-electron chi connectivity index (χ4n) is 2.89. The van der Waals surface area contributed by atoms with Crippen molar-refractivity contribution < 1.29 is 4.74 Å². The Morgan fingerprint density at radius 1 is 1.32 bits per heavy atom. The van der Waals surface area contributed by atoms with Gasteiger partial charge in [0.05, 0.1) is 18.7 Å². The lowest BCUT2D eigenvalue weighted by Crippen LogP contribution is -2.45. The number of hydrogen-bond acceptors (Lipinski definition) is 4. The van der Waals surface area contributed by atoms with Crippen molar-refractivity contribution in [3.05, 3.63) is 35.9 Å². The number of ether oxygens (including phenoxy) is 1. The van der Waals surface area contributed by atoms with Gasteiger partial charge in [-0.3, -0.25) is 4.99 Å². The van der Waals surface area contributed by atoms with Gasteiger partial charge in [0.15, 0.2) is 5.96 Å². The molecule has 1 aromatic carbocycles. The topological polar surface area (TPSA) is 50.8 Å². The summed E-state index contributed by atoms with van der Waals surface area (Å²) in [6.45, 7) is 2.57. The zero-order valence-electron chi connectivity index (χ0n) is 11.2. The highest BCUT2D eigenvalue weighted by Crippen LogP contribution is 2.19. The van der Waals surface area contributed by atoms with Crippen molar-refractivity contribution in [3.63, 3.8) is 0 Å². The molecule has 2 unspecified atom stereocenters. The highest BCUT2D eigenvalue weighted by molar-refractivity contribution is 5.80. The average Bonchev–Trinajstić information content (AvgIpc) is 3.05. The van der Waals surface area contributed by atoms with Crippen LogP contribution in [0.15, 0.2) is 35.3 Å². The van der Waals surface area contributed by atoms with Crippen LogP contribution in [0.4, 0.5) is 0 Å². The lowest BCUT2D eigenvalue weighted by molar-refractivity contribution is 0.0853. The van der Waals surface area contributed by atoms with E-state index < -0.39 is 0 Å². The molecule has 2 atom stereocenters. The van der Waals surface area contributed by atoms with E-state index in [0.29, 0.717) is 18.1 Å². The first-order chi connectivity index (χ1) is 9.33. The van der Waals surface area contributed by atoms with Crippen LogP contribution in [0.25, 0.3) is 0 Å². The van der Waals surface area contributed by atoms with Gasteiger partial charge in [0, 0.05) is 13.2 Å². The first kappa shape index (κ1) is 12.5. The van der Waals surface area contributed by atoms with Crippen LogP contribution in [0.1, 0.15) is 18.4 Å². The van der Waals surface area contributed by atoms with Crippen molar-refractivity contribution in [2.45, 2.75) is 31.4 Å². The lowest BCUT2D eigenvalue weighted by Gasteiger charge is -2.28. The number of nitrogens with two attached hydrogens (primary N) is 1. The maximum absolute atomic E-state index is 6.02. The Labute approximate surface area is 114 Å². The highest BCUT2D eigenvalue weighted by atomic mass is 16.5. The molecule has 4 heteroatoms. The standard InChI is InChI=1S/C15H21N3O/c16-15-17-10-13(9-12-5-2-1-3-6-12)18(15)11-14-7-4-8-19-14/h1-3,5-6,13-14H,4,7-11H2,(H2,16,17). The monoisotopic (exact) mass is 259 g/mol. The van der Waals surface area contributed by atoms with E-state index in [1.165, 1.54) is 12.0 Å². The Morgan fingerprint density at radius 2 is 2.16 bits per heavy atom. The number of hydrogen-bond donors (Lipinski definition) is 1. The van der Waals surface area contributed by atoms with Crippen molar-refractivity contribution in [3.8, 4) is 0 Å². The second kappa shape index (κ2) is 5.61. The molecule has 1 aromatic rings. The van der Waals surface area contributed by atoms with Gasteiger partial charge in [-0.2, -0.15) is 0 Å². The van der Waals surface area contributed by atoms with E-state index >= 15 is 0 Å². The van der Waals surface area contributed by atoms with Crippen molar-refractivity contribution in [2.75, 3.05) is 19.7 Å². The minimum absolute atomic E-state index is 0.324. The summed E-state index contributed by atoms with van der Waals surface area (Å²) in [4.78, 5) is 6.63. The SMILES string of the molecule is NC1=NCC(Cc2ccccc2)N1CC1CCCO1. The fraction of sp³-hybridized carbons (Fsp3) is 0.533. The molecule has 0 aromatic heterocycles. The van der Waals surface area contributed by atoms with Gasteiger partial charge >= 0.3 is 0 Å².